The highest BCUT2D eigenvalue weighted by Gasteiger charge is 2.43. The van der Waals surface area contributed by atoms with Crippen molar-refractivity contribution in [3.05, 3.63) is 82.4 Å². The van der Waals surface area contributed by atoms with Crippen LogP contribution in [0.1, 0.15) is 50.7 Å². The maximum Gasteiger partial charge on any atom is 0.262 e. The van der Waals surface area contributed by atoms with Crippen LogP contribution >= 0.6 is 0 Å². The van der Waals surface area contributed by atoms with Crippen molar-refractivity contribution < 1.29 is 19.1 Å². The number of rotatable bonds is 6. The molecule has 0 bridgehead atoms. The van der Waals surface area contributed by atoms with E-state index in [1.165, 1.54) is 0 Å². The highest BCUT2D eigenvalue weighted by atomic mass is 16.5. The number of para-hydroxylation sites is 2. The first kappa shape index (κ1) is 24.1. The van der Waals surface area contributed by atoms with Crippen molar-refractivity contribution in [3.63, 3.8) is 0 Å². The zero-order valence-corrected chi connectivity index (χ0v) is 20.2. The second-order valence-corrected chi connectivity index (χ2v) is 9.59. The number of benzene rings is 2. The molecular formula is C28H29N3O4. The molecule has 7 nitrogen and oxygen atoms in total. The zero-order valence-electron chi connectivity index (χ0n) is 20.2. The third kappa shape index (κ3) is 4.92. The lowest BCUT2D eigenvalue weighted by Gasteiger charge is -2.37. The molecule has 1 aliphatic heterocycles. The molecule has 1 atom stereocenters. The van der Waals surface area contributed by atoms with Gasteiger partial charge in [-0.15, -0.1) is 0 Å². The van der Waals surface area contributed by atoms with Crippen LogP contribution in [0.5, 0.6) is 5.75 Å². The number of Topliss-reactive ketones (excluding diaryl/α,β-unsaturated/α-hetero) is 1. The van der Waals surface area contributed by atoms with Gasteiger partial charge in [0.25, 0.3) is 5.91 Å². The topological polar surface area (TPSA) is 114 Å². The Hall–Kier alpha value is -4.05. The van der Waals surface area contributed by atoms with Crippen LogP contribution in [0, 0.1) is 16.7 Å². The number of hydrogen-bond acceptors (Lipinski definition) is 6. The molecule has 0 saturated heterocycles. The lowest BCUT2D eigenvalue weighted by Crippen LogP contribution is -2.33. The van der Waals surface area contributed by atoms with Crippen LogP contribution in [0.25, 0.3) is 0 Å². The first-order valence-electron chi connectivity index (χ1n) is 11.7. The standard InChI is InChI=1S/C28H29N3O4/c1-4-17-9-5-7-11-20(17)31-24(33)16-34-22-12-8-6-10-18(22)25-19(15-29)27(30)35-23-14-28(2,3)13-21(32)26(23)25/h5-12,25H,4,13-14,16,30H2,1-3H3,(H,31,33). The molecule has 0 spiro atoms. The Balaban J connectivity index is 1.64. The minimum Gasteiger partial charge on any atom is -0.483 e. The van der Waals surface area contributed by atoms with Crippen molar-refractivity contribution in [3.8, 4) is 11.8 Å². The van der Waals surface area contributed by atoms with E-state index in [4.69, 9.17) is 15.2 Å². The summed E-state index contributed by atoms with van der Waals surface area (Å²) >= 11 is 0. The fourth-order valence-corrected chi connectivity index (χ4v) is 4.73. The van der Waals surface area contributed by atoms with E-state index in [0.29, 0.717) is 35.5 Å². The number of ketones is 1. The van der Waals surface area contributed by atoms with E-state index in [0.717, 1.165) is 17.7 Å². The first-order valence-corrected chi connectivity index (χ1v) is 11.7. The summed E-state index contributed by atoms with van der Waals surface area (Å²) in [6.07, 6.45) is 1.66. The van der Waals surface area contributed by atoms with E-state index in [-0.39, 0.29) is 35.2 Å². The van der Waals surface area contributed by atoms with Crippen LogP contribution < -0.4 is 15.8 Å². The van der Waals surface area contributed by atoms with E-state index >= 15 is 0 Å². The van der Waals surface area contributed by atoms with Crippen molar-refractivity contribution in [1.82, 2.24) is 0 Å². The molecule has 0 radical (unpaired) electrons. The summed E-state index contributed by atoms with van der Waals surface area (Å²) in [5, 5.41) is 12.8. The zero-order chi connectivity index (χ0) is 25.2. The van der Waals surface area contributed by atoms with Crippen molar-refractivity contribution in [2.45, 2.75) is 46.0 Å². The van der Waals surface area contributed by atoms with Crippen molar-refractivity contribution in [2.75, 3.05) is 11.9 Å². The quantitative estimate of drug-likeness (QED) is 0.630. The Kier molecular flexibility index (Phi) is 6.65. The summed E-state index contributed by atoms with van der Waals surface area (Å²) in [7, 11) is 0. The molecule has 1 unspecified atom stereocenters. The molecule has 35 heavy (non-hydrogen) atoms. The number of anilines is 1. The number of carbonyl (C=O) groups excluding carboxylic acids is 2. The molecule has 1 heterocycles. The van der Waals surface area contributed by atoms with Crippen LogP contribution in [0.2, 0.25) is 0 Å². The fourth-order valence-electron chi connectivity index (χ4n) is 4.73. The lowest BCUT2D eigenvalue weighted by atomic mass is 9.70. The number of nitriles is 1. The number of amides is 1. The molecule has 7 heteroatoms. The Morgan fingerprint density at radius 3 is 2.66 bits per heavy atom. The van der Waals surface area contributed by atoms with Crippen molar-refractivity contribution in [1.29, 1.82) is 5.26 Å². The van der Waals surface area contributed by atoms with Gasteiger partial charge in [-0.1, -0.05) is 57.2 Å². The van der Waals surface area contributed by atoms with Gasteiger partial charge in [0.05, 0.1) is 5.92 Å². The Morgan fingerprint density at radius 1 is 1.20 bits per heavy atom. The molecule has 2 aliphatic rings. The van der Waals surface area contributed by atoms with E-state index in [9.17, 15) is 14.9 Å². The smallest absolute Gasteiger partial charge is 0.262 e. The number of nitrogens with zero attached hydrogens (tertiary/aromatic N) is 1. The second kappa shape index (κ2) is 9.67. The van der Waals surface area contributed by atoms with Gasteiger partial charge < -0.3 is 20.5 Å². The van der Waals surface area contributed by atoms with Gasteiger partial charge in [-0.05, 0) is 29.5 Å². The summed E-state index contributed by atoms with van der Waals surface area (Å²) in [5.74, 6) is -0.207. The van der Waals surface area contributed by atoms with Gasteiger partial charge >= 0.3 is 0 Å². The molecule has 2 aromatic carbocycles. The highest BCUT2D eigenvalue weighted by molar-refractivity contribution is 6.00. The number of aryl methyl sites for hydroxylation is 1. The van der Waals surface area contributed by atoms with Gasteiger partial charge in [0, 0.05) is 29.7 Å². The predicted octanol–water partition coefficient (Wildman–Crippen LogP) is 4.72. The van der Waals surface area contributed by atoms with Gasteiger partial charge in [0.15, 0.2) is 12.4 Å². The number of allylic oxidation sites excluding steroid dienone is 3. The van der Waals surface area contributed by atoms with E-state index in [1.54, 1.807) is 24.3 Å². The van der Waals surface area contributed by atoms with Gasteiger partial charge in [-0.3, -0.25) is 9.59 Å². The van der Waals surface area contributed by atoms with Crippen LogP contribution in [0.3, 0.4) is 0 Å². The molecular weight excluding hydrogens is 442 g/mol. The van der Waals surface area contributed by atoms with Crippen molar-refractivity contribution in [2.24, 2.45) is 11.1 Å². The Bertz CT molecular complexity index is 1280. The maximum atomic E-state index is 13.2. The molecule has 2 aromatic rings. The number of ether oxygens (including phenoxy) is 2. The summed E-state index contributed by atoms with van der Waals surface area (Å²) in [4.78, 5) is 25.9. The molecule has 1 aliphatic carbocycles. The monoisotopic (exact) mass is 471 g/mol. The number of nitrogens with two attached hydrogens (primary N) is 1. The summed E-state index contributed by atoms with van der Waals surface area (Å²) in [6.45, 7) is 5.79. The third-order valence-electron chi connectivity index (χ3n) is 6.34. The molecule has 0 aromatic heterocycles. The van der Waals surface area contributed by atoms with E-state index in [2.05, 4.69) is 11.4 Å². The number of nitrogens with one attached hydrogen (secondary N) is 1. The molecule has 180 valence electrons. The molecule has 1 amide bonds. The van der Waals surface area contributed by atoms with Crippen LogP contribution in [-0.4, -0.2) is 18.3 Å². The van der Waals surface area contributed by atoms with Gasteiger partial charge in [-0.25, -0.2) is 0 Å². The number of hydrogen-bond donors (Lipinski definition) is 2. The number of carbonyl (C=O) groups is 2. The van der Waals surface area contributed by atoms with Gasteiger partial charge in [0.1, 0.15) is 23.2 Å². The van der Waals surface area contributed by atoms with Gasteiger partial charge in [0.2, 0.25) is 5.88 Å². The average Bonchev–Trinajstić information content (AvgIpc) is 2.81. The SMILES string of the molecule is CCc1ccccc1NC(=O)COc1ccccc1C1C(C#N)=C(N)OC2=C1C(=O)CC(C)(C)C2. The van der Waals surface area contributed by atoms with E-state index in [1.807, 2.05) is 45.0 Å². The van der Waals surface area contributed by atoms with Crippen LogP contribution in [0.4, 0.5) is 5.69 Å². The Morgan fingerprint density at radius 2 is 1.91 bits per heavy atom. The largest absolute Gasteiger partial charge is 0.483 e. The molecule has 3 N–H and O–H groups in total. The lowest BCUT2D eigenvalue weighted by molar-refractivity contribution is -0.119. The third-order valence-corrected chi connectivity index (χ3v) is 6.34. The highest BCUT2D eigenvalue weighted by Crippen LogP contribution is 2.49. The van der Waals surface area contributed by atoms with Crippen LogP contribution in [0.15, 0.2) is 71.3 Å². The van der Waals surface area contributed by atoms with Gasteiger partial charge in [-0.2, -0.15) is 5.26 Å². The molecule has 0 saturated carbocycles. The molecule has 4 rings (SSSR count). The van der Waals surface area contributed by atoms with E-state index < -0.39 is 5.92 Å². The minimum atomic E-state index is -0.715. The minimum absolute atomic E-state index is 0.00883. The normalized spacial score (nSPS) is 18.9. The molecule has 0 fully saturated rings. The summed E-state index contributed by atoms with van der Waals surface area (Å²) in [5.41, 5.74) is 8.83. The second-order valence-electron chi connectivity index (χ2n) is 9.59. The average molecular weight is 472 g/mol. The summed E-state index contributed by atoms with van der Waals surface area (Å²) < 4.78 is 11.7. The van der Waals surface area contributed by atoms with Crippen LogP contribution in [-0.2, 0) is 20.7 Å². The predicted molar refractivity (Wildman–Crippen MR) is 132 cm³/mol. The first-order chi connectivity index (χ1) is 16.7. The summed E-state index contributed by atoms with van der Waals surface area (Å²) in [6, 6.07) is 16.8. The fraction of sp³-hybridized carbons (Fsp3) is 0.321. The van der Waals surface area contributed by atoms with Crippen molar-refractivity contribution >= 4 is 17.4 Å². The Labute approximate surface area is 205 Å². The maximum absolute atomic E-state index is 13.2.